The van der Waals surface area contributed by atoms with Gasteiger partial charge in [0.15, 0.2) is 0 Å². The van der Waals surface area contributed by atoms with E-state index >= 15 is 0 Å². The molecule has 1 fully saturated rings. The van der Waals surface area contributed by atoms with Crippen LogP contribution in [0.5, 0.6) is 0 Å². The molecule has 1 aliphatic carbocycles. The molecule has 0 spiro atoms. The van der Waals surface area contributed by atoms with Crippen molar-refractivity contribution in [1.82, 2.24) is 10.3 Å². The van der Waals surface area contributed by atoms with E-state index in [4.69, 9.17) is 11.6 Å². The number of hydrogen-bond donors (Lipinski definition) is 2. The molecule has 2 rings (SSSR count). The van der Waals surface area contributed by atoms with E-state index in [9.17, 15) is 9.59 Å². The maximum atomic E-state index is 11.8. The van der Waals surface area contributed by atoms with Gasteiger partial charge in [-0.05, 0) is 30.7 Å². The Morgan fingerprint density at radius 3 is 2.89 bits per heavy atom. The predicted octanol–water partition coefficient (Wildman–Crippen LogP) is 1.76. The maximum Gasteiger partial charge on any atom is 0.267 e. The van der Waals surface area contributed by atoms with E-state index in [0.29, 0.717) is 30.0 Å². The Kier molecular flexibility index (Phi) is 4.42. The van der Waals surface area contributed by atoms with Crippen LogP contribution in [0, 0.1) is 11.8 Å². The summed E-state index contributed by atoms with van der Waals surface area (Å²) in [5.41, 5.74) is 0.0464. The molecule has 18 heavy (non-hydrogen) atoms. The molecule has 1 amide bonds. The van der Waals surface area contributed by atoms with Gasteiger partial charge in [-0.1, -0.05) is 12.5 Å². The van der Waals surface area contributed by atoms with Gasteiger partial charge in [-0.15, -0.1) is 11.6 Å². The molecule has 1 aromatic rings. The zero-order valence-electron chi connectivity index (χ0n) is 10.1. The number of nitrogens with one attached hydrogen (secondary N) is 2. The van der Waals surface area contributed by atoms with Gasteiger partial charge in [-0.2, -0.15) is 0 Å². The highest BCUT2D eigenvalue weighted by atomic mass is 35.5. The summed E-state index contributed by atoms with van der Waals surface area (Å²) >= 11 is 5.90. The van der Waals surface area contributed by atoms with Crippen molar-refractivity contribution in [2.45, 2.75) is 19.3 Å². The third-order valence-corrected chi connectivity index (χ3v) is 3.95. The van der Waals surface area contributed by atoms with E-state index in [1.807, 2.05) is 0 Å². The minimum atomic E-state index is -0.262. The first-order chi connectivity index (χ1) is 8.70. The average molecular weight is 269 g/mol. The van der Waals surface area contributed by atoms with Gasteiger partial charge < -0.3 is 10.3 Å². The highest BCUT2D eigenvalue weighted by molar-refractivity contribution is 6.18. The molecule has 1 aliphatic rings. The first kappa shape index (κ1) is 13.1. The van der Waals surface area contributed by atoms with Crippen molar-refractivity contribution < 1.29 is 4.79 Å². The zero-order chi connectivity index (χ0) is 13.0. The second-order valence-electron chi connectivity index (χ2n) is 4.74. The van der Waals surface area contributed by atoms with Crippen molar-refractivity contribution in [3.8, 4) is 0 Å². The van der Waals surface area contributed by atoms with Crippen LogP contribution in [0.4, 0.5) is 0 Å². The van der Waals surface area contributed by atoms with Crippen LogP contribution >= 0.6 is 11.6 Å². The van der Waals surface area contributed by atoms with Gasteiger partial charge in [0.1, 0.15) is 5.69 Å². The smallest absolute Gasteiger partial charge is 0.267 e. The summed E-state index contributed by atoms with van der Waals surface area (Å²) in [4.78, 5) is 25.4. The van der Waals surface area contributed by atoms with Crippen LogP contribution in [-0.2, 0) is 0 Å². The molecular weight excluding hydrogens is 252 g/mol. The first-order valence-corrected chi connectivity index (χ1v) is 6.77. The monoisotopic (exact) mass is 268 g/mol. The number of carbonyl (C=O) groups excluding carboxylic acids is 1. The van der Waals surface area contributed by atoms with Gasteiger partial charge in [0.2, 0.25) is 5.56 Å². The number of alkyl halides is 1. The number of aromatic nitrogens is 1. The van der Waals surface area contributed by atoms with Crippen molar-refractivity contribution in [3.63, 3.8) is 0 Å². The fourth-order valence-electron chi connectivity index (χ4n) is 2.48. The number of hydrogen-bond acceptors (Lipinski definition) is 2. The zero-order valence-corrected chi connectivity index (χ0v) is 10.9. The van der Waals surface area contributed by atoms with Crippen molar-refractivity contribution in [3.05, 3.63) is 34.2 Å². The lowest BCUT2D eigenvalue weighted by atomic mass is 9.98. The number of aromatic amines is 1. The maximum absolute atomic E-state index is 11.8. The molecule has 4 nitrogen and oxygen atoms in total. The Morgan fingerprint density at radius 1 is 1.39 bits per heavy atom. The van der Waals surface area contributed by atoms with E-state index in [1.54, 1.807) is 12.1 Å². The van der Waals surface area contributed by atoms with Crippen molar-refractivity contribution in [2.24, 2.45) is 11.8 Å². The first-order valence-electron chi connectivity index (χ1n) is 6.24. The molecule has 1 saturated carbocycles. The lowest BCUT2D eigenvalue weighted by molar-refractivity contribution is 0.0939. The molecule has 0 aliphatic heterocycles. The third-order valence-electron chi connectivity index (χ3n) is 3.55. The van der Waals surface area contributed by atoms with Gasteiger partial charge in [0.25, 0.3) is 5.91 Å². The van der Waals surface area contributed by atoms with Crippen LogP contribution in [0.2, 0.25) is 0 Å². The number of rotatable bonds is 4. The van der Waals surface area contributed by atoms with Crippen LogP contribution in [0.15, 0.2) is 23.0 Å². The van der Waals surface area contributed by atoms with Gasteiger partial charge in [0, 0.05) is 18.5 Å². The Hall–Kier alpha value is -1.29. The predicted molar refractivity (Wildman–Crippen MR) is 70.9 cm³/mol. The average Bonchev–Trinajstić information content (AvgIpc) is 2.83. The van der Waals surface area contributed by atoms with E-state index in [1.165, 1.54) is 12.5 Å². The van der Waals surface area contributed by atoms with Gasteiger partial charge in [-0.25, -0.2) is 0 Å². The van der Waals surface area contributed by atoms with E-state index < -0.39 is 0 Å². The largest absolute Gasteiger partial charge is 0.350 e. The fourth-order valence-corrected chi connectivity index (χ4v) is 2.89. The highest BCUT2D eigenvalue weighted by Crippen LogP contribution is 2.31. The van der Waals surface area contributed by atoms with Crippen LogP contribution in [0.1, 0.15) is 29.8 Å². The van der Waals surface area contributed by atoms with Gasteiger partial charge in [-0.3, -0.25) is 9.59 Å². The number of halogens is 1. The van der Waals surface area contributed by atoms with Crippen molar-refractivity contribution >= 4 is 17.5 Å². The topological polar surface area (TPSA) is 62.0 Å². The Labute approximate surface area is 111 Å². The molecule has 0 aromatic carbocycles. The summed E-state index contributed by atoms with van der Waals surface area (Å²) in [5, 5.41) is 2.86. The summed E-state index contributed by atoms with van der Waals surface area (Å²) in [7, 11) is 0. The van der Waals surface area contributed by atoms with Crippen LogP contribution in [-0.4, -0.2) is 23.3 Å². The molecule has 98 valence electrons. The normalized spacial score (nSPS) is 22.9. The Bertz CT molecular complexity index is 472. The second-order valence-corrected chi connectivity index (χ2v) is 5.05. The molecule has 0 saturated heterocycles. The quantitative estimate of drug-likeness (QED) is 0.818. The molecule has 2 atom stereocenters. The van der Waals surface area contributed by atoms with Gasteiger partial charge >= 0.3 is 0 Å². The molecule has 2 unspecified atom stereocenters. The lowest BCUT2D eigenvalue weighted by Gasteiger charge is -2.17. The number of amides is 1. The number of pyridine rings is 1. The van der Waals surface area contributed by atoms with Crippen molar-refractivity contribution in [1.29, 1.82) is 0 Å². The SMILES string of the molecule is O=C(NCC1CCCC1CCl)c1cccc(=O)[nH]1. The van der Waals surface area contributed by atoms with E-state index in [2.05, 4.69) is 10.3 Å². The molecule has 5 heteroatoms. The summed E-state index contributed by atoms with van der Waals surface area (Å²) < 4.78 is 0. The molecule has 0 radical (unpaired) electrons. The summed E-state index contributed by atoms with van der Waals surface area (Å²) in [6.45, 7) is 0.632. The standard InChI is InChI=1S/C13H17ClN2O2/c14-7-9-3-1-4-10(9)8-15-13(18)11-5-2-6-12(17)16-11/h2,5-6,9-10H,1,3-4,7-8H2,(H,15,18)(H,16,17). The van der Waals surface area contributed by atoms with Crippen LogP contribution in [0.3, 0.4) is 0 Å². The molecule has 0 bridgehead atoms. The van der Waals surface area contributed by atoms with E-state index in [0.717, 1.165) is 12.8 Å². The Balaban J connectivity index is 1.90. The van der Waals surface area contributed by atoms with Crippen LogP contribution < -0.4 is 10.9 Å². The minimum Gasteiger partial charge on any atom is -0.350 e. The third kappa shape index (κ3) is 3.13. The number of carbonyl (C=O) groups is 1. The lowest BCUT2D eigenvalue weighted by Crippen LogP contribution is -2.32. The molecule has 1 heterocycles. The van der Waals surface area contributed by atoms with E-state index in [-0.39, 0.29) is 11.5 Å². The summed E-state index contributed by atoms with van der Waals surface area (Å²) in [6.07, 6.45) is 3.44. The molecular formula is C13H17ClN2O2. The van der Waals surface area contributed by atoms with Gasteiger partial charge in [0.05, 0.1) is 0 Å². The second kappa shape index (κ2) is 6.05. The van der Waals surface area contributed by atoms with Crippen LogP contribution in [0.25, 0.3) is 0 Å². The molecule has 2 N–H and O–H groups in total. The summed E-state index contributed by atoms with van der Waals surface area (Å²) in [5.74, 6) is 1.39. The minimum absolute atomic E-state index is 0.229. The van der Waals surface area contributed by atoms with Crippen molar-refractivity contribution in [2.75, 3.05) is 12.4 Å². The Morgan fingerprint density at radius 2 is 2.17 bits per heavy atom. The summed E-state index contributed by atoms with van der Waals surface area (Å²) in [6, 6.07) is 4.56. The number of H-pyrrole nitrogens is 1. The fraction of sp³-hybridized carbons (Fsp3) is 0.538. The highest BCUT2D eigenvalue weighted by Gasteiger charge is 2.26. The molecule has 1 aromatic heterocycles.